The number of likely N-dealkylation sites (N-methyl/N-ethyl adjacent to an activating group) is 1. The molecule has 0 bridgehead atoms. The average molecular weight is 291 g/mol. The van der Waals surface area contributed by atoms with Crippen molar-refractivity contribution in [2.45, 2.75) is 51.2 Å². The van der Waals surface area contributed by atoms with E-state index < -0.39 is 0 Å². The summed E-state index contributed by atoms with van der Waals surface area (Å²) in [5.74, 6) is 1.71. The van der Waals surface area contributed by atoms with Crippen LogP contribution in [0.25, 0.3) is 0 Å². The Bertz CT molecular complexity index is 439. The van der Waals surface area contributed by atoms with Crippen LogP contribution in [0, 0.1) is 5.92 Å². The molecule has 1 N–H and O–H groups in total. The van der Waals surface area contributed by atoms with Gasteiger partial charge in [-0.15, -0.1) is 0 Å². The highest BCUT2D eigenvalue weighted by Gasteiger charge is 2.42. The fourth-order valence-electron chi connectivity index (χ4n) is 3.61. The van der Waals surface area contributed by atoms with Gasteiger partial charge in [-0.3, -0.25) is 0 Å². The van der Waals surface area contributed by atoms with E-state index in [-0.39, 0.29) is 11.6 Å². The Balaban J connectivity index is 2.30. The van der Waals surface area contributed by atoms with Crippen molar-refractivity contribution < 1.29 is 9.47 Å². The molecule has 0 amide bonds. The number of hydrogen-bond acceptors (Lipinski definition) is 3. The van der Waals surface area contributed by atoms with Gasteiger partial charge in [0, 0.05) is 6.61 Å². The average Bonchev–Trinajstić information content (AvgIpc) is 2.51. The molecule has 0 spiro atoms. The summed E-state index contributed by atoms with van der Waals surface area (Å²) in [6.45, 7) is 5.20. The van der Waals surface area contributed by atoms with Gasteiger partial charge in [-0.2, -0.15) is 0 Å². The smallest absolute Gasteiger partial charge is 0.119 e. The van der Waals surface area contributed by atoms with E-state index in [9.17, 15) is 0 Å². The van der Waals surface area contributed by atoms with Crippen LogP contribution in [0.5, 0.6) is 5.75 Å². The SMILES string of the molecule is CCOC1(C(NC)c2cccc(OC)c2)CCC(C)CC1. The summed E-state index contributed by atoms with van der Waals surface area (Å²) < 4.78 is 11.7. The zero-order valence-corrected chi connectivity index (χ0v) is 13.8. The molecule has 1 saturated carbocycles. The molecule has 1 aromatic rings. The number of methoxy groups -OCH3 is 1. The molecule has 2 rings (SSSR count). The molecule has 1 fully saturated rings. The predicted molar refractivity (Wildman–Crippen MR) is 86.8 cm³/mol. The Morgan fingerprint density at radius 2 is 2.05 bits per heavy atom. The van der Waals surface area contributed by atoms with Crippen LogP contribution in [0.4, 0.5) is 0 Å². The van der Waals surface area contributed by atoms with E-state index >= 15 is 0 Å². The first-order valence-electron chi connectivity index (χ1n) is 8.10. The lowest BCUT2D eigenvalue weighted by molar-refractivity contribution is -0.0962. The van der Waals surface area contributed by atoms with Crippen molar-refractivity contribution in [3.8, 4) is 5.75 Å². The minimum Gasteiger partial charge on any atom is -0.497 e. The Labute approximate surface area is 129 Å². The number of benzene rings is 1. The van der Waals surface area contributed by atoms with Gasteiger partial charge in [0.15, 0.2) is 0 Å². The van der Waals surface area contributed by atoms with Gasteiger partial charge in [0.05, 0.1) is 18.8 Å². The predicted octanol–water partition coefficient (Wildman–Crippen LogP) is 3.94. The number of hydrogen-bond donors (Lipinski definition) is 1. The minimum atomic E-state index is -0.0949. The maximum absolute atomic E-state index is 6.30. The molecule has 0 heterocycles. The third-order valence-electron chi connectivity index (χ3n) is 4.79. The van der Waals surface area contributed by atoms with Crippen LogP contribution in [-0.2, 0) is 4.74 Å². The normalized spacial score (nSPS) is 27.3. The largest absolute Gasteiger partial charge is 0.497 e. The molecular weight excluding hydrogens is 262 g/mol. The summed E-state index contributed by atoms with van der Waals surface area (Å²) in [4.78, 5) is 0. The lowest BCUT2D eigenvalue weighted by Gasteiger charge is -2.45. The Morgan fingerprint density at radius 3 is 2.62 bits per heavy atom. The van der Waals surface area contributed by atoms with Crippen molar-refractivity contribution in [2.75, 3.05) is 20.8 Å². The first kappa shape index (κ1) is 16.3. The van der Waals surface area contributed by atoms with E-state index in [0.29, 0.717) is 0 Å². The number of rotatable bonds is 6. The van der Waals surface area contributed by atoms with Crippen LogP contribution in [0.1, 0.15) is 51.1 Å². The third-order valence-corrected chi connectivity index (χ3v) is 4.79. The summed E-state index contributed by atoms with van der Waals surface area (Å²) in [6.07, 6.45) is 4.71. The van der Waals surface area contributed by atoms with E-state index in [2.05, 4.69) is 37.4 Å². The first-order chi connectivity index (χ1) is 10.1. The van der Waals surface area contributed by atoms with E-state index in [1.54, 1.807) is 7.11 Å². The quantitative estimate of drug-likeness (QED) is 0.861. The van der Waals surface area contributed by atoms with Gasteiger partial charge >= 0.3 is 0 Å². The number of nitrogens with one attached hydrogen (secondary N) is 1. The highest BCUT2D eigenvalue weighted by molar-refractivity contribution is 5.32. The molecule has 1 unspecified atom stereocenters. The topological polar surface area (TPSA) is 30.5 Å². The van der Waals surface area contributed by atoms with Crippen LogP contribution in [0.15, 0.2) is 24.3 Å². The Morgan fingerprint density at radius 1 is 1.33 bits per heavy atom. The zero-order valence-electron chi connectivity index (χ0n) is 13.8. The van der Waals surface area contributed by atoms with Crippen LogP contribution >= 0.6 is 0 Å². The fourth-order valence-corrected chi connectivity index (χ4v) is 3.61. The molecule has 1 atom stereocenters. The second-order valence-electron chi connectivity index (χ2n) is 6.18. The van der Waals surface area contributed by atoms with Crippen LogP contribution < -0.4 is 10.1 Å². The van der Waals surface area contributed by atoms with Gasteiger partial charge in [0.25, 0.3) is 0 Å². The second-order valence-corrected chi connectivity index (χ2v) is 6.18. The monoisotopic (exact) mass is 291 g/mol. The highest BCUT2D eigenvalue weighted by Crippen LogP contribution is 2.43. The van der Waals surface area contributed by atoms with Gasteiger partial charge in [0.1, 0.15) is 5.75 Å². The Kier molecular flexibility index (Phi) is 5.65. The van der Waals surface area contributed by atoms with Crippen molar-refractivity contribution >= 4 is 0 Å². The molecule has 1 aliphatic carbocycles. The van der Waals surface area contributed by atoms with E-state index in [0.717, 1.165) is 31.1 Å². The third kappa shape index (κ3) is 3.58. The summed E-state index contributed by atoms with van der Waals surface area (Å²) in [7, 11) is 3.75. The molecule has 1 aromatic carbocycles. The first-order valence-corrected chi connectivity index (χ1v) is 8.10. The van der Waals surface area contributed by atoms with Gasteiger partial charge in [-0.1, -0.05) is 19.1 Å². The summed E-state index contributed by atoms with van der Waals surface area (Å²) in [5, 5.41) is 3.50. The van der Waals surface area contributed by atoms with Crippen LogP contribution in [-0.4, -0.2) is 26.4 Å². The molecular formula is C18H29NO2. The number of ether oxygens (including phenoxy) is 2. The van der Waals surface area contributed by atoms with Crippen molar-refractivity contribution in [3.63, 3.8) is 0 Å². The van der Waals surface area contributed by atoms with Gasteiger partial charge in [-0.25, -0.2) is 0 Å². The minimum absolute atomic E-state index is 0.0949. The van der Waals surface area contributed by atoms with Gasteiger partial charge in [-0.05, 0) is 63.3 Å². The summed E-state index contributed by atoms with van der Waals surface area (Å²) >= 11 is 0. The highest BCUT2D eigenvalue weighted by atomic mass is 16.5. The van der Waals surface area contributed by atoms with Crippen molar-refractivity contribution in [3.05, 3.63) is 29.8 Å². The van der Waals surface area contributed by atoms with E-state index in [4.69, 9.17) is 9.47 Å². The zero-order chi connectivity index (χ0) is 15.3. The van der Waals surface area contributed by atoms with Crippen LogP contribution in [0.2, 0.25) is 0 Å². The standard InChI is InChI=1S/C18H29NO2/c1-5-21-18(11-9-14(2)10-12-18)17(19-3)15-7-6-8-16(13-15)20-4/h6-8,13-14,17,19H,5,9-12H2,1-4H3. The molecule has 21 heavy (non-hydrogen) atoms. The molecule has 0 aliphatic heterocycles. The van der Waals surface area contributed by atoms with Crippen molar-refractivity contribution in [2.24, 2.45) is 5.92 Å². The lowest BCUT2D eigenvalue weighted by Crippen LogP contribution is -2.47. The molecule has 3 heteroatoms. The van der Waals surface area contributed by atoms with Gasteiger partial charge in [0.2, 0.25) is 0 Å². The molecule has 0 radical (unpaired) electrons. The summed E-state index contributed by atoms with van der Waals surface area (Å²) in [5.41, 5.74) is 1.15. The Hall–Kier alpha value is -1.06. The molecule has 3 nitrogen and oxygen atoms in total. The fraction of sp³-hybridized carbons (Fsp3) is 0.667. The van der Waals surface area contributed by atoms with Crippen LogP contribution in [0.3, 0.4) is 0 Å². The second kappa shape index (κ2) is 7.28. The van der Waals surface area contributed by atoms with E-state index in [1.165, 1.54) is 18.4 Å². The van der Waals surface area contributed by atoms with Gasteiger partial charge < -0.3 is 14.8 Å². The maximum Gasteiger partial charge on any atom is 0.119 e. The molecule has 118 valence electrons. The van der Waals surface area contributed by atoms with Crippen molar-refractivity contribution in [1.29, 1.82) is 0 Å². The summed E-state index contributed by atoms with van der Waals surface area (Å²) in [6, 6.07) is 8.55. The molecule has 1 aliphatic rings. The van der Waals surface area contributed by atoms with Crippen molar-refractivity contribution in [1.82, 2.24) is 5.32 Å². The maximum atomic E-state index is 6.30. The van der Waals surface area contributed by atoms with E-state index in [1.807, 2.05) is 13.1 Å². The molecule has 0 saturated heterocycles. The lowest BCUT2D eigenvalue weighted by atomic mass is 9.73. The molecule has 0 aromatic heterocycles.